The molecule has 0 N–H and O–H groups in total. The van der Waals surface area contributed by atoms with Crippen molar-refractivity contribution in [2.24, 2.45) is 29.6 Å². The molecule has 4 rings (SSSR count). The Bertz CT molecular complexity index is 244. The first-order valence-corrected chi connectivity index (χ1v) is 7.66. The summed E-state index contributed by atoms with van der Waals surface area (Å²) in [6.45, 7) is 0. The number of hydrogen-bond donors (Lipinski definition) is 0. The van der Waals surface area contributed by atoms with Crippen LogP contribution >= 0.6 is 22.6 Å². The van der Waals surface area contributed by atoms with E-state index in [2.05, 4.69) is 0 Å². The van der Waals surface area contributed by atoms with Gasteiger partial charge in [-0.15, -0.1) is 0 Å². The van der Waals surface area contributed by atoms with Gasteiger partial charge in [0, 0.05) is 6.42 Å². The summed E-state index contributed by atoms with van der Waals surface area (Å²) in [6, 6.07) is 0. The Hall–Kier alpha value is 0.590. The number of alkyl halides is 3. The summed E-state index contributed by atoms with van der Waals surface area (Å²) in [5, 5.41) is 0. The molecule has 0 heterocycles. The lowest BCUT2D eigenvalue weighted by Crippen LogP contribution is -2.45. The lowest BCUT2D eigenvalue weighted by molar-refractivity contribution is -0.0464. The summed E-state index contributed by atoms with van der Waals surface area (Å²) < 4.78 is 23.4. The SMILES string of the molecule is FC(F)(I)CCC1C2CC3CC(C2)CC1C3. The van der Waals surface area contributed by atoms with Crippen LogP contribution in [0.3, 0.4) is 0 Å². The van der Waals surface area contributed by atoms with E-state index in [1.54, 1.807) is 0 Å². The summed E-state index contributed by atoms with van der Waals surface area (Å²) >= 11 is 1.30. The Kier molecular flexibility index (Phi) is 2.96. The molecule has 0 amide bonds. The van der Waals surface area contributed by atoms with E-state index in [-0.39, 0.29) is 6.42 Å². The minimum absolute atomic E-state index is 0.0978. The Labute approximate surface area is 110 Å². The van der Waals surface area contributed by atoms with Gasteiger partial charge in [0.2, 0.25) is 0 Å². The molecule has 4 aliphatic rings. The monoisotopic (exact) mass is 340 g/mol. The maximum absolute atomic E-state index is 12.9. The highest BCUT2D eigenvalue weighted by Gasteiger charge is 2.48. The Morgan fingerprint density at radius 2 is 1.44 bits per heavy atom. The number of hydrogen-bond acceptors (Lipinski definition) is 0. The second kappa shape index (κ2) is 4.06. The highest BCUT2D eigenvalue weighted by atomic mass is 127. The Balaban J connectivity index is 1.64. The molecule has 3 heteroatoms. The van der Waals surface area contributed by atoms with E-state index in [4.69, 9.17) is 0 Å². The van der Waals surface area contributed by atoms with Gasteiger partial charge in [-0.05, 0) is 90.7 Å². The quantitative estimate of drug-likeness (QED) is 0.508. The fourth-order valence-electron chi connectivity index (χ4n) is 4.84. The van der Waals surface area contributed by atoms with E-state index in [0.29, 0.717) is 5.92 Å². The average molecular weight is 340 g/mol. The van der Waals surface area contributed by atoms with Gasteiger partial charge in [0.05, 0.1) is 0 Å². The maximum Gasteiger partial charge on any atom is 0.296 e. The summed E-state index contributed by atoms with van der Waals surface area (Å²) in [5.74, 6) is 4.15. The molecule has 16 heavy (non-hydrogen) atoms. The van der Waals surface area contributed by atoms with Gasteiger partial charge in [-0.25, -0.2) is 0 Å². The molecule has 0 atom stereocenters. The van der Waals surface area contributed by atoms with Crippen molar-refractivity contribution < 1.29 is 8.78 Å². The first-order chi connectivity index (χ1) is 7.51. The van der Waals surface area contributed by atoms with E-state index in [1.165, 1.54) is 54.7 Å². The molecule has 0 spiro atoms. The molecule has 0 aliphatic heterocycles. The van der Waals surface area contributed by atoms with Crippen LogP contribution in [-0.2, 0) is 0 Å². The molecular formula is C13H19F2I. The lowest BCUT2D eigenvalue weighted by Gasteiger charge is -2.54. The van der Waals surface area contributed by atoms with E-state index in [9.17, 15) is 8.78 Å². The zero-order valence-electron chi connectivity index (χ0n) is 9.47. The molecule has 4 fully saturated rings. The van der Waals surface area contributed by atoms with Crippen molar-refractivity contribution in [3.8, 4) is 0 Å². The van der Waals surface area contributed by atoms with Gasteiger partial charge in [-0.3, -0.25) is 0 Å². The maximum atomic E-state index is 12.9. The van der Waals surface area contributed by atoms with Crippen molar-refractivity contribution >= 4 is 22.6 Å². The third-order valence-corrected chi connectivity index (χ3v) is 5.72. The van der Waals surface area contributed by atoms with Crippen LogP contribution in [-0.4, -0.2) is 3.93 Å². The van der Waals surface area contributed by atoms with Crippen molar-refractivity contribution in [1.82, 2.24) is 0 Å². The van der Waals surface area contributed by atoms with Crippen LogP contribution in [0, 0.1) is 29.6 Å². The Morgan fingerprint density at radius 3 is 1.88 bits per heavy atom. The Morgan fingerprint density at radius 1 is 0.938 bits per heavy atom. The highest BCUT2D eigenvalue weighted by molar-refractivity contribution is 14.1. The molecule has 0 aromatic heterocycles. The molecule has 0 radical (unpaired) electrons. The van der Waals surface area contributed by atoms with Gasteiger partial charge in [-0.1, -0.05) is 0 Å². The summed E-state index contributed by atoms with van der Waals surface area (Å²) in [6.07, 6.45) is 7.72. The average Bonchev–Trinajstić information content (AvgIpc) is 2.13. The van der Waals surface area contributed by atoms with E-state index < -0.39 is 3.93 Å². The fraction of sp³-hybridized carbons (Fsp3) is 1.00. The molecule has 0 unspecified atom stereocenters. The number of halogens is 3. The standard InChI is InChI=1S/C13H19F2I/c14-13(15,16)2-1-12-10-4-8-3-9(6-10)7-11(12)5-8/h8-12H,1-7H2. The molecule has 0 saturated heterocycles. The molecular weight excluding hydrogens is 321 g/mol. The zero-order valence-corrected chi connectivity index (χ0v) is 11.6. The fourth-order valence-corrected chi connectivity index (χ4v) is 5.15. The molecule has 4 saturated carbocycles. The topological polar surface area (TPSA) is 0 Å². The lowest BCUT2D eigenvalue weighted by atomic mass is 9.51. The van der Waals surface area contributed by atoms with Gasteiger partial charge in [0.1, 0.15) is 0 Å². The first kappa shape index (κ1) is 11.7. The van der Waals surface area contributed by atoms with Crippen LogP contribution in [0.5, 0.6) is 0 Å². The predicted molar refractivity (Wildman–Crippen MR) is 68.7 cm³/mol. The van der Waals surface area contributed by atoms with Crippen molar-refractivity contribution in [3.63, 3.8) is 0 Å². The smallest absolute Gasteiger partial charge is 0.195 e. The van der Waals surface area contributed by atoms with E-state index in [1.807, 2.05) is 0 Å². The van der Waals surface area contributed by atoms with Gasteiger partial charge in [-0.2, -0.15) is 8.78 Å². The first-order valence-electron chi connectivity index (χ1n) is 6.58. The van der Waals surface area contributed by atoms with E-state index >= 15 is 0 Å². The van der Waals surface area contributed by atoms with Crippen LogP contribution in [0.4, 0.5) is 8.78 Å². The minimum Gasteiger partial charge on any atom is -0.195 e. The van der Waals surface area contributed by atoms with Crippen LogP contribution in [0.15, 0.2) is 0 Å². The van der Waals surface area contributed by atoms with Crippen molar-refractivity contribution in [2.45, 2.75) is 48.9 Å². The molecule has 0 nitrogen and oxygen atoms in total. The van der Waals surface area contributed by atoms with Crippen molar-refractivity contribution in [2.75, 3.05) is 0 Å². The molecule has 4 bridgehead atoms. The third kappa shape index (κ3) is 2.25. The van der Waals surface area contributed by atoms with Crippen molar-refractivity contribution in [1.29, 1.82) is 0 Å². The number of rotatable bonds is 3. The minimum atomic E-state index is -2.48. The molecule has 92 valence electrons. The zero-order chi connectivity index (χ0) is 11.3. The van der Waals surface area contributed by atoms with Gasteiger partial charge in [0.25, 0.3) is 3.93 Å². The summed E-state index contributed by atoms with van der Waals surface area (Å²) in [7, 11) is 0. The van der Waals surface area contributed by atoms with Gasteiger partial charge in [0.15, 0.2) is 0 Å². The molecule has 0 aromatic rings. The van der Waals surface area contributed by atoms with Crippen molar-refractivity contribution in [3.05, 3.63) is 0 Å². The predicted octanol–water partition coefficient (Wildman–Crippen LogP) is 4.87. The van der Waals surface area contributed by atoms with Crippen LogP contribution in [0.25, 0.3) is 0 Å². The molecule has 0 aromatic carbocycles. The summed E-state index contributed by atoms with van der Waals surface area (Å²) in [4.78, 5) is 0. The van der Waals surface area contributed by atoms with Gasteiger partial charge >= 0.3 is 0 Å². The normalized spacial score (nSPS) is 46.3. The summed E-state index contributed by atoms with van der Waals surface area (Å²) in [5.41, 5.74) is 0. The molecule has 4 aliphatic carbocycles. The highest BCUT2D eigenvalue weighted by Crippen LogP contribution is 2.58. The van der Waals surface area contributed by atoms with E-state index in [0.717, 1.165) is 30.1 Å². The largest absolute Gasteiger partial charge is 0.296 e. The van der Waals surface area contributed by atoms with Crippen LogP contribution in [0.2, 0.25) is 0 Å². The second-order valence-electron chi connectivity index (χ2n) is 6.25. The van der Waals surface area contributed by atoms with Gasteiger partial charge < -0.3 is 0 Å². The third-order valence-electron chi connectivity index (χ3n) is 5.18. The van der Waals surface area contributed by atoms with Crippen LogP contribution in [0.1, 0.15) is 44.9 Å². The van der Waals surface area contributed by atoms with Crippen LogP contribution < -0.4 is 0 Å². The second-order valence-corrected chi connectivity index (χ2v) is 7.83.